The standard InChI is InChI=1S/C19H24F2N4O2/c1-13-17(12-25(22-13)19(20)21)14-3-5-15(6-4-14)18(27)24-9-8-23(2)16(11-24)7-10-26/h3-6,12,16,19,26H,7-11H2,1-2H3/t16-/m0/s1. The Labute approximate surface area is 157 Å². The molecular weight excluding hydrogens is 354 g/mol. The molecule has 1 aliphatic rings. The molecule has 1 atom stereocenters. The molecule has 2 heterocycles. The highest BCUT2D eigenvalue weighted by atomic mass is 19.3. The lowest BCUT2D eigenvalue weighted by Gasteiger charge is -2.39. The second-order valence-electron chi connectivity index (χ2n) is 6.86. The van der Waals surface area contributed by atoms with Gasteiger partial charge in [-0.1, -0.05) is 12.1 Å². The van der Waals surface area contributed by atoms with Crippen LogP contribution >= 0.6 is 0 Å². The second-order valence-corrected chi connectivity index (χ2v) is 6.86. The van der Waals surface area contributed by atoms with Gasteiger partial charge >= 0.3 is 6.55 Å². The van der Waals surface area contributed by atoms with E-state index in [0.717, 1.165) is 12.1 Å². The minimum Gasteiger partial charge on any atom is -0.396 e. The van der Waals surface area contributed by atoms with Crippen LogP contribution in [0.5, 0.6) is 0 Å². The van der Waals surface area contributed by atoms with Crippen LogP contribution in [0.15, 0.2) is 30.5 Å². The zero-order chi connectivity index (χ0) is 19.6. The topological polar surface area (TPSA) is 61.6 Å². The van der Waals surface area contributed by atoms with Gasteiger partial charge in [-0.05, 0) is 38.1 Å². The molecule has 0 spiro atoms. The van der Waals surface area contributed by atoms with Crippen LogP contribution in [0.1, 0.15) is 29.0 Å². The number of piperazine rings is 1. The van der Waals surface area contributed by atoms with Crippen molar-refractivity contribution in [3.05, 3.63) is 41.7 Å². The third-order valence-corrected chi connectivity index (χ3v) is 5.09. The first-order valence-electron chi connectivity index (χ1n) is 8.95. The van der Waals surface area contributed by atoms with Gasteiger partial charge in [0.15, 0.2) is 0 Å². The third-order valence-electron chi connectivity index (χ3n) is 5.09. The molecule has 8 heteroatoms. The summed E-state index contributed by atoms with van der Waals surface area (Å²) in [6, 6.07) is 7.10. The van der Waals surface area contributed by atoms with Crippen molar-refractivity contribution < 1.29 is 18.7 Å². The van der Waals surface area contributed by atoms with Gasteiger partial charge in [0.05, 0.1) is 5.69 Å². The predicted octanol–water partition coefficient (Wildman–Crippen LogP) is 2.39. The van der Waals surface area contributed by atoms with E-state index in [1.165, 1.54) is 6.20 Å². The molecule has 0 saturated carbocycles. The first kappa shape index (κ1) is 19.4. The van der Waals surface area contributed by atoms with Crippen molar-refractivity contribution in [2.75, 3.05) is 33.3 Å². The van der Waals surface area contributed by atoms with Crippen LogP contribution < -0.4 is 0 Å². The van der Waals surface area contributed by atoms with Crippen LogP contribution in [0.2, 0.25) is 0 Å². The molecule has 1 N–H and O–H groups in total. The van der Waals surface area contributed by atoms with Crippen LogP contribution in [0.3, 0.4) is 0 Å². The number of likely N-dealkylation sites (N-methyl/N-ethyl adjacent to an activating group) is 1. The van der Waals surface area contributed by atoms with Gasteiger partial charge in [-0.15, -0.1) is 0 Å². The molecule has 2 aromatic rings. The Morgan fingerprint density at radius 1 is 1.30 bits per heavy atom. The average Bonchev–Trinajstić information content (AvgIpc) is 3.05. The van der Waals surface area contributed by atoms with Crippen molar-refractivity contribution in [1.82, 2.24) is 19.6 Å². The number of carbonyl (C=O) groups excluding carboxylic acids is 1. The zero-order valence-electron chi connectivity index (χ0n) is 15.5. The molecule has 1 aromatic heterocycles. The molecule has 0 bridgehead atoms. The Morgan fingerprint density at radius 2 is 2.00 bits per heavy atom. The number of aromatic nitrogens is 2. The summed E-state index contributed by atoms with van der Waals surface area (Å²) in [5.74, 6) is -0.0578. The van der Waals surface area contributed by atoms with E-state index < -0.39 is 6.55 Å². The maximum absolute atomic E-state index is 12.8. The van der Waals surface area contributed by atoms with Gasteiger partial charge in [0, 0.05) is 49.6 Å². The molecule has 27 heavy (non-hydrogen) atoms. The van der Waals surface area contributed by atoms with E-state index in [1.807, 2.05) is 7.05 Å². The molecule has 1 aliphatic heterocycles. The van der Waals surface area contributed by atoms with E-state index in [0.29, 0.717) is 41.0 Å². The summed E-state index contributed by atoms with van der Waals surface area (Å²) in [7, 11) is 2.00. The molecule has 0 aliphatic carbocycles. The van der Waals surface area contributed by atoms with Crippen LogP contribution in [0.25, 0.3) is 11.1 Å². The first-order chi connectivity index (χ1) is 12.9. The van der Waals surface area contributed by atoms with Crippen molar-refractivity contribution in [3.63, 3.8) is 0 Å². The molecule has 6 nitrogen and oxygen atoms in total. The molecule has 1 aromatic carbocycles. The van der Waals surface area contributed by atoms with Gasteiger partial charge in [0.1, 0.15) is 0 Å². The summed E-state index contributed by atoms with van der Waals surface area (Å²) in [6.45, 7) is 1.08. The quantitative estimate of drug-likeness (QED) is 0.868. The highest BCUT2D eigenvalue weighted by Crippen LogP contribution is 2.25. The number of hydrogen-bond donors (Lipinski definition) is 1. The van der Waals surface area contributed by atoms with E-state index in [4.69, 9.17) is 0 Å². The SMILES string of the molecule is Cc1nn(C(F)F)cc1-c1ccc(C(=O)N2CCN(C)[C@@H](CCO)C2)cc1. The van der Waals surface area contributed by atoms with Crippen LogP contribution in [0.4, 0.5) is 8.78 Å². The van der Waals surface area contributed by atoms with E-state index in [-0.39, 0.29) is 18.6 Å². The van der Waals surface area contributed by atoms with Crippen molar-refractivity contribution in [2.45, 2.75) is 25.9 Å². The largest absolute Gasteiger partial charge is 0.396 e. The Bertz CT molecular complexity index is 792. The number of alkyl halides is 2. The third kappa shape index (κ3) is 4.17. The number of rotatable bonds is 5. The molecule has 1 amide bonds. The summed E-state index contributed by atoms with van der Waals surface area (Å²) in [5, 5.41) is 13.0. The first-order valence-corrected chi connectivity index (χ1v) is 8.95. The maximum atomic E-state index is 12.8. The summed E-state index contributed by atoms with van der Waals surface area (Å²) in [5.41, 5.74) is 2.44. The van der Waals surface area contributed by atoms with Crippen molar-refractivity contribution in [2.24, 2.45) is 0 Å². The maximum Gasteiger partial charge on any atom is 0.333 e. The second kappa shape index (κ2) is 8.14. The highest BCUT2D eigenvalue weighted by molar-refractivity contribution is 5.94. The van der Waals surface area contributed by atoms with Crippen LogP contribution in [-0.2, 0) is 0 Å². The van der Waals surface area contributed by atoms with Crippen LogP contribution in [-0.4, -0.2) is 69.9 Å². The number of halogens is 2. The lowest BCUT2D eigenvalue weighted by molar-refractivity contribution is 0.0500. The number of amides is 1. The number of aryl methyl sites for hydroxylation is 1. The van der Waals surface area contributed by atoms with Gasteiger partial charge < -0.3 is 10.0 Å². The van der Waals surface area contributed by atoms with Gasteiger partial charge in [-0.2, -0.15) is 13.9 Å². The monoisotopic (exact) mass is 378 g/mol. The molecule has 1 fully saturated rings. The number of carbonyl (C=O) groups is 1. The molecule has 0 unspecified atom stereocenters. The number of aliphatic hydroxyl groups excluding tert-OH is 1. The molecular formula is C19H24F2N4O2. The van der Waals surface area contributed by atoms with Crippen molar-refractivity contribution in [1.29, 1.82) is 0 Å². The fraction of sp³-hybridized carbons (Fsp3) is 0.474. The minimum absolute atomic E-state index is 0.0578. The lowest BCUT2D eigenvalue weighted by Crippen LogP contribution is -2.53. The molecule has 3 rings (SSSR count). The van der Waals surface area contributed by atoms with Gasteiger partial charge in [-0.25, -0.2) is 4.68 Å². The highest BCUT2D eigenvalue weighted by Gasteiger charge is 2.27. The van der Waals surface area contributed by atoms with E-state index in [2.05, 4.69) is 10.00 Å². The molecule has 0 radical (unpaired) electrons. The number of aliphatic hydroxyl groups is 1. The Kier molecular flexibility index (Phi) is 5.86. The smallest absolute Gasteiger partial charge is 0.333 e. The predicted molar refractivity (Wildman–Crippen MR) is 97.7 cm³/mol. The number of benzene rings is 1. The summed E-state index contributed by atoms with van der Waals surface area (Å²) < 4.78 is 26.2. The fourth-order valence-corrected chi connectivity index (χ4v) is 3.43. The van der Waals surface area contributed by atoms with Crippen molar-refractivity contribution >= 4 is 5.91 Å². The van der Waals surface area contributed by atoms with Crippen molar-refractivity contribution in [3.8, 4) is 11.1 Å². The Hall–Kier alpha value is -2.32. The number of hydrogen-bond acceptors (Lipinski definition) is 4. The number of nitrogens with zero attached hydrogens (tertiary/aromatic N) is 4. The normalized spacial score (nSPS) is 18.3. The van der Waals surface area contributed by atoms with E-state index in [9.17, 15) is 18.7 Å². The minimum atomic E-state index is -2.68. The average molecular weight is 378 g/mol. The zero-order valence-corrected chi connectivity index (χ0v) is 15.5. The molecule has 146 valence electrons. The Morgan fingerprint density at radius 3 is 2.59 bits per heavy atom. The van der Waals surface area contributed by atoms with Gasteiger partial charge in [0.25, 0.3) is 5.91 Å². The summed E-state index contributed by atoms with van der Waals surface area (Å²) in [4.78, 5) is 16.8. The Balaban J connectivity index is 1.74. The fourth-order valence-electron chi connectivity index (χ4n) is 3.43. The lowest BCUT2D eigenvalue weighted by atomic mass is 10.0. The van der Waals surface area contributed by atoms with Crippen LogP contribution in [0, 0.1) is 6.92 Å². The van der Waals surface area contributed by atoms with Gasteiger partial charge in [0.2, 0.25) is 0 Å². The summed E-state index contributed by atoms with van der Waals surface area (Å²) in [6.07, 6.45) is 1.95. The molecule has 1 saturated heterocycles. The summed E-state index contributed by atoms with van der Waals surface area (Å²) >= 11 is 0. The van der Waals surface area contributed by atoms with E-state index in [1.54, 1.807) is 36.1 Å². The van der Waals surface area contributed by atoms with Gasteiger partial charge in [-0.3, -0.25) is 9.69 Å². The van der Waals surface area contributed by atoms with E-state index >= 15 is 0 Å².